The van der Waals surface area contributed by atoms with E-state index in [-0.39, 0.29) is 10.8 Å². The first kappa shape index (κ1) is 23.1. The lowest BCUT2D eigenvalue weighted by molar-refractivity contribution is -0.154. The van der Waals surface area contributed by atoms with Crippen molar-refractivity contribution in [3.8, 4) is 11.3 Å². The Morgan fingerprint density at radius 3 is 2.53 bits per heavy atom. The van der Waals surface area contributed by atoms with Crippen molar-refractivity contribution in [2.75, 3.05) is 5.32 Å². The zero-order valence-corrected chi connectivity index (χ0v) is 19.3. The van der Waals surface area contributed by atoms with Crippen molar-refractivity contribution in [1.82, 2.24) is 14.8 Å². The van der Waals surface area contributed by atoms with Crippen LogP contribution in [-0.4, -0.2) is 32.7 Å². The van der Waals surface area contributed by atoms with E-state index in [1.807, 2.05) is 29.6 Å². The average molecular weight is 479 g/mol. The molecule has 0 saturated carbocycles. The smallest absolute Gasteiger partial charge is 0.328 e. The Morgan fingerprint density at radius 1 is 1.12 bits per heavy atom. The van der Waals surface area contributed by atoms with Crippen LogP contribution in [0.4, 0.5) is 5.13 Å². The molecule has 0 bridgehead atoms. The summed E-state index contributed by atoms with van der Waals surface area (Å²) < 4.78 is 6.03. The van der Waals surface area contributed by atoms with Crippen molar-refractivity contribution in [2.24, 2.45) is 0 Å². The molecule has 0 fully saturated rings. The van der Waals surface area contributed by atoms with Crippen LogP contribution in [0.3, 0.4) is 0 Å². The van der Waals surface area contributed by atoms with Gasteiger partial charge in [0.1, 0.15) is 6.54 Å². The SMILES string of the molecule is CCc1ccc(-c2csc(NC(=O)[C@@H](C)OC(=O)Cn3[nH]c(=O)c4ccccc4c3=O)n2)cc1. The number of esters is 1. The number of aromatic amines is 1. The average Bonchev–Trinajstić information content (AvgIpc) is 3.30. The molecule has 2 aromatic carbocycles. The van der Waals surface area contributed by atoms with Gasteiger partial charge in [0.15, 0.2) is 11.2 Å². The first-order chi connectivity index (χ1) is 16.4. The molecule has 2 aromatic heterocycles. The Bertz CT molecular complexity index is 1470. The summed E-state index contributed by atoms with van der Waals surface area (Å²) >= 11 is 1.26. The Kier molecular flexibility index (Phi) is 6.69. The summed E-state index contributed by atoms with van der Waals surface area (Å²) in [5, 5.41) is 7.61. The van der Waals surface area contributed by atoms with Crippen molar-refractivity contribution in [3.63, 3.8) is 0 Å². The highest BCUT2D eigenvalue weighted by Gasteiger charge is 2.20. The number of aromatic nitrogens is 3. The van der Waals surface area contributed by atoms with Crippen LogP contribution < -0.4 is 16.4 Å². The molecule has 1 atom stereocenters. The number of carbonyl (C=O) groups is 2. The number of nitrogens with zero attached hydrogens (tertiary/aromatic N) is 2. The molecule has 0 aliphatic heterocycles. The van der Waals surface area contributed by atoms with E-state index in [0.29, 0.717) is 5.13 Å². The number of amides is 1. The van der Waals surface area contributed by atoms with Gasteiger partial charge in [-0.3, -0.25) is 29.6 Å². The van der Waals surface area contributed by atoms with Gasteiger partial charge in [0.2, 0.25) is 0 Å². The Labute approximate surface area is 198 Å². The largest absolute Gasteiger partial charge is 0.451 e. The summed E-state index contributed by atoms with van der Waals surface area (Å²) in [4.78, 5) is 53.9. The third kappa shape index (κ3) is 4.96. The molecule has 0 unspecified atom stereocenters. The highest BCUT2D eigenvalue weighted by Crippen LogP contribution is 2.25. The second-order valence-electron chi connectivity index (χ2n) is 7.59. The Morgan fingerprint density at radius 2 is 1.82 bits per heavy atom. The van der Waals surface area contributed by atoms with Crippen LogP contribution in [0.15, 0.2) is 63.5 Å². The van der Waals surface area contributed by atoms with Gasteiger partial charge in [0, 0.05) is 10.9 Å². The normalized spacial score (nSPS) is 11.8. The second-order valence-corrected chi connectivity index (χ2v) is 8.45. The number of H-pyrrole nitrogens is 1. The highest BCUT2D eigenvalue weighted by molar-refractivity contribution is 7.14. The van der Waals surface area contributed by atoms with E-state index in [9.17, 15) is 19.2 Å². The van der Waals surface area contributed by atoms with Gasteiger partial charge < -0.3 is 4.74 Å². The molecule has 0 spiro atoms. The van der Waals surface area contributed by atoms with Crippen LogP contribution in [-0.2, 0) is 27.3 Å². The predicted octanol–water partition coefficient (Wildman–Crippen LogP) is 2.95. The first-order valence-electron chi connectivity index (χ1n) is 10.6. The molecule has 0 aliphatic rings. The number of benzene rings is 2. The fourth-order valence-electron chi connectivity index (χ4n) is 3.36. The summed E-state index contributed by atoms with van der Waals surface area (Å²) in [6.45, 7) is 2.96. The summed E-state index contributed by atoms with van der Waals surface area (Å²) in [6, 6.07) is 14.3. The molecule has 0 radical (unpaired) electrons. The highest BCUT2D eigenvalue weighted by atomic mass is 32.1. The van der Waals surface area contributed by atoms with Crippen molar-refractivity contribution in [1.29, 1.82) is 0 Å². The molecule has 10 heteroatoms. The van der Waals surface area contributed by atoms with Gasteiger partial charge >= 0.3 is 5.97 Å². The van der Waals surface area contributed by atoms with Gasteiger partial charge in [-0.2, -0.15) is 0 Å². The number of thiazole rings is 1. The minimum Gasteiger partial charge on any atom is -0.451 e. The number of hydrogen-bond acceptors (Lipinski definition) is 7. The molecular weight excluding hydrogens is 456 g/mol. The van der Waals surface area contributed by atoms with Crippen molar-refractivity contribution < 1.29 is 14.3 Å². The van der Waals surface area contributed by atoms with Crippen LogP contribution in [0, 0.1) is 0 Å². The van der Waals surface area contributed by atoms with Crippen LogP contribution in [0.1, 0.15) is 19.4 Å². The molecule has 174 valence electrons. The van der Waals surface area contributed by atoms with E-state index in [4.69, 9.17) is 4.74 Å². The number of anilines is 1. The van der Waals surface area contributed by atoms with Gasteiger partial charge in [-0.25, -0.2) is 9.67 Å². The van der Waals surface area contributed by atoms with Gasteiger partial charge in [0.05, 0.1) is 16.5 Å². The van der Waals surface area contributed by atoms with Gasteiger partial charge in [-0.05, 0) is 31.0 Å². The monoisotopic (exact) mass is 478 g/mol. The van der Waals surface area contributed by atoms with Crippen LogP contribution in [0.25, 0.3) is 22.0 Å². The van der Waals surface area contributed by atoms with E-state index < -0.39 is 35.6 Å². The summed E-state index contributed by atoms with van der Waals surface area (Å²) in [5.41, 5.74) is 1.85. The van der Waals surface area contributed by atoms with E-state index >= 15 is 0 Å². The molecule has 1 amide bonds. The summed E-state index contributed by atoms with van der Waals surface area (Å²) in [6.07, 6.45) is -0.188. The third-order valence-electron chi connectivity index (χ3n) is 5.24. The zero-order chi connectivity index (χ0) is 24.2. The topological polar surface area (TPSA) is 123 Å². The minimum atomic E-state index is -1.13. The van der Waals surface area contributed by atoms with Crippen molar-refractivity contribution in [2.45, 2.75) is 32.9 Å². The number of fused-ring (bicyclic) bond motifs is 1. The molecule has 9 nitrogen and oxygen atoms in total. The number of nitrogens with one attached hydrogen (secondary N) is 2. The first-order valence-corrected chi connectivity index (χ1v) is 11.5. The van der Waals surface area contributed by atoms with E-state index in [1.54, 1.807) is 12.1 Å². The molecule has 2 N–H and O–H groups in total. The lowest BCUT2D eigenvalue weighted by Gasteiger charge is -2.13. The van der Waals surface area contributed by atoms with Gasteiger partial charge in [0.25, 0.3) is 17.0 Å². The molecular formula is C24H22N4O5S. The van der Waals surface area contributed by atoms with E-state index in [2.05, 4.69) is 22.3 Å². The quantitative estimate of drug-likeness (QED) is 0.394. The van der Waals surface area contributed by atoms with Crippen molar-refractivity contribution >= 4 is 39.1 Å². The third-order valence-corrected chi connectivity index (χ3v) is 6.00. The Balaban J connectivity index is 1.38. The number of hydrogen-bond donors (Lipinski definition) is 2. The second kappa shape index (κ2) is 9.84. The standard InChI is InChI=1S/C24H22N4O5S/c1-3-15-8-10-16(11-9-15)19-13-34-24(25-19)26-21(30)14(2)33-20(29)12-28-23(32)18-7-5-4-6-17(18)22(31)27-28/h4-11,13-14H,3,12H2,1-2H3,(H,27,31)(H,25,26,30)/t14-/m1/s1. The number of carbonyl (C=O) groups excluding carboxylic acids is 2. The maximum Gasteiger partial charge on any atom is 0.328 e. The lowest BCUT2D eigenvalue weighted by Crippen LogP contribution is -2.35. The predicted molar refractivity (Wildman–Crippen MR) is 130 cm³/mol. The minimum absolute atomic E-state index is 0.189. The van der Waals surface area contributed by atoms with Crippen molar-refractivity contribution in [3.05, 3.63) is 80.2 Å². The van der Waals surface area contributed by atoms with Crippen LogP contribution in [0.5, 0.6) is 0 Å². The fourth-order valence-corrected chi connectivity index (χ4v) is 4.08. The Hall–Kier alpha value is -4.05. The molecule has 0 saturated heterocycles. The number of rotatable bonds is 7. The molecule has 2 heterocycles. The van der Waals surface area contributed by atoms with Crippen LogP contribution >= 0.6 is 11.3 Å². The zero-order valence-electron chi connectivity index (χ0n) is 18.5. The lowest BCUT2D eigenvalue weighted by atomic mass is 10.1. The van der Waals surface area contributed by atoms with Gasteiger partial charge in [-0.1, -0.05) is 43.3 Å². The number of ether oxygens (including phenoxy) is 1. The molecule has 34 heavy (non-hydrogen) atoms. The van der Waals surface area contributed by atoms with Crippen LogP contribution in [0.2, 0.25) is 0 Å². The maximum atomic E-state index is 12.5. The summed E-state index contributed by atoms with van der Waals surface area (Å²) in [5.74, 6) is -1.40. The summed E-state index contributed by atoms with van der Waals surface area (Å²) in [7, 11) is 0. The molecule has 4 aromatic rings. The van der Waals surface area contributed by atoms with Gasteiger partial charge in [-0.15, -0.1) is 11.3 Å². The molecule has 0 aliphatic carbocycles. The fraction of sp³-hybridized carbons (Fsp3) is 0.208. The van der Waals surface area contributed by atoms with E-state index in [0.717, 1.165) is 22.4 Å². The maximum absolute atomic E-state index is 12.5. The molecule has 4 rings (SSSR count). The van der Waals surface area contributed by atoms with E-state index in [1.165, 1.54) is 36.0 Å². The number of aryl methyl sites for hydroxylation is 1.